The van der Waals surface area contributed by atoms with Crippen LogP contribution in [-0.4, -0.2) is 12.4 Å². The van der Waals surface area contributed by atoms with Gasteiger partial charge in [-0.15, -0.1) is 0 Å². The number of rotatable bonds is 4. The second-order valence-corrected chi connectivity index (χ2v) is 4.27. The van der Waals surface area contributed by atoms with Crippen molar-refractivity contribution < 1.29 is 27.1 Å². The standard InChI is InChI=1S/C10H7F4IO2/c1-4(16)8-6(9(11)12)2-5(3-7(8)15)17-10(13)14/h2-3,9-10H,1H3. The second kappa shape index (κ2) is 5.65. The van der Waals surface area contributed by atoms with Gasteiger partial charge in [-0.25, -0.2) is 8.78 Å². The molecule has 0 fully saturated rings. The number of Topliss-reactive ketones (excluding diaryl/α,β-unsaturated/α-hetero) is 1. The lowest BCUT2D eigenvalue weighted by atomic mass is 10.0. The summed E-state index contributed by atoms with van der Waals surface area (Å²) in [5.41, 5.74) is -0.762. The van der Waals surface area contributed by atoms with Crippen LogP contribution in [0.15, 0.2) is 12.1 Å². The Morgan fingerprint density at radius 2 is 1.88 bits per heavy atom. The number of ether oxygens (including phenoxy) is 1. The molecular weight excluding hydrogens is 355 g/mol. The van der Waals surface area contributed by atoms with E-state index in [-0.39, 0.29) is 14.9 Å². The minimum Gasteiger partial charge on any atom is -0.435 e. The Bertz CT molecular complexity index is 435. The molecule has 0 N–H and O–H groups in total. The van der Waals surface area contributed by atoms with Crippen molar-refractivity contribution in [3.8, 4) is 5.75 Å². The first-order chi connectivity index (χ1) is 7.82. The molecule has 17 heavy (non-hydrogen) atoms. The number of hydrogen-bond acceptors (Lipinski definition) is 2. The Morgan fingerprint density at radius 1 is 1.29 bits per heavy atom. The highest BCUT2D eigenvalue weighted by atomic mass is 127. The Kier molecular flexibility index (Phi) is 4.72. The van der Waals surface area contributed by atoms with Crippen molar-refractivity contribution in [1.29, 1.82) is 0 Å². The summed E-state index contributed by atoms with van der Waals surface area (Å²) < 4.78 is 53.5. The predicted octanol–water partition coefficient (Wildman–Crippen LogP) is 4.03. The molecule has 0 aliphatic heterocycles. The lowest BCUT2D eigenvalue weighted by molar-refractivity contribution is -0.0500. The lowest BCUT2D eigenvalue weighted by Gasteiger charge is -2.12. The number of ketones is 1. The third-order valence-electron chi connectivity index (χ3n) is 1.91. The van der Waals surface area contributed by atoms with Crippen LogP contribution in [-0.2, 0) is 0 Å². The summed E-state index contributed by atoms with van der Waals surface area (Å²) in [6.07, 6.45) is -2.93. The normalized spacial score (nSPS) is 11.1. The molecule has 0 aromatic heterocycles. The fourth-order valence-electron chi connectivity index (χ4n) is 1.32. The van der Waals surface area contributed by atoms with E-state index in [2.05, 4.69) is 4.74 Å². The second-order valence-electron chi connectivity index (χ2n) is 3.10. The minimum atomic E-state index is -3.10. The molecule has 0 radical (unpaired) electrons. The molecule has 94 valence electrons. The maximum atomic E-state index is 12.7. The Morgan fingerprint density at radius 3 is 2.29 bits per heavy atom. The summed E-state index contributed by atoms with van der Waals surface area (Å²) >= 11 is 1.63. The Balaban J connectivity index is 3.31. The number of benzene rings is 1. The van der Waals surface area contributed by atoms with Crippen LogP contribution in [0.25, 0.3) is 0 Å². The quantitative estimate of drug-likeness (QED) is 0.459. The van der Waals surface area contributed by atoms with E-state index in [9.17, 15) is 22.4 Å². The summed E-state index contributed by atoms with van der Waals surface area (Å²) in [6.45, 7) is -1.96. The molecule has 0 amide bonds. The summed E-state index contributed by atoms with van der Waals surface area (Å²) in [6, 6.07) is 1.88. The van der Waals surface area contributed by atoms with Gasteiger partial charge in [-0.3, -0.25) is 4.79 Å². The molecule has 1 aromatic carbocycles. The molecule has 0 saturated heterocycles. The van der Waals surface area contributed by atoms with Crippen molar-refractivity contribution in [3.63, 3.8) is 0 Å². The van der Waals surface area contributed by atoms with Crippen molar-refractivity contribution in [2.24, 2.45) is 0 Å². The van der Waals surface area contributed by atoms with Gasteiger partial charge in [0, 0.05) is 14.7 Å². The van der Waals surface area contributed by atoms with Crippen molar-refractivity contribution in [2.75, 3.05) is 0 Å². The molecule has 0 unspecified atom stereocenters. The zero-order chi connectivity index (χ0) is 13.2. The van der Waals surface area contributed by atoms with Gasteiger partial charge in [0.05, 0.1) is 0 Å². The van der Waals surface area contributed by atoms with Gasteiger partial charge in [0.1, 0.15) is 5.75 Å². The maximum absolute atomic E-state index is 12.7. The first kappa shape index (κ1) is 14.2. The molecule has 0 aliphatic rings. The molecule has 0 saturated carbocycles. The summed E-state index contributed by atoms with van der Waals surface area (Å²) in [4.78, 5) is 11.2. The SMILES string of the molecule is CC(=O)c1c(I)cc(OC(F)F)cc1C(F)F. The van der Waals surface area contributed by atoms with Gasteiger partial charge in [-0.1, -0.05) is 0 Å². The van der Waals surface area contributed by atoms with Gasteiger partial charge in [-0.2, -0.15) is 8.78 Å². The molecule has 0 atom stereocenters. The van der Waals surface area contributed by atoms with Crippen molar-refractivity contribution in [3.05, 3.63) is 26.8 Å². The molecular formula is C10H7F4IO2. The molecule has 7 heteroatoms. The molecule has 0 aliphatic carbocycles. The number of alkyl halides is 4. The van der Waals surface area contributed by atoms with Gasteiger partial charge in [0.2, 0.25) is 0 Å². The Labute approximate surface area is 108 Å². The monoisotopic (exact) mass is 362 g/mol. The average molecular weight is 362 g/mol. The van der Waals surface area contributed by atoms with Crippen LogP contribution in [0.3, 0.4) is 0 Å². The fraction of sp³-hybridized carbons (Fsp3) is 0.300. The highest BCUT2D eigenvalue weighted by molar-refractivity contribution is 14.1. The van der Waals surface area contributed by atoms with E-state index in [1.807, 2.05) is 0 Å². The zero-order valence-corrected chi connectivity index (χ0v) is 10.7. The summed E-state index contributed by atoms with van der Waals surface area (Å²) in [7, 11) is 0. The van der Waals surface area contributed by atoms with Gasteiger partial charge in [0.25, 0.3) is 6.43 Å². The third-order valence-corrected chi connectivity index (χ3v) is 2.76. The van der Waals surface area contributed by atoms with Crippen LogP contribution in [0.2, 0.25) is 0 Å². The van der Waals surface area contributed by atoms with Crippen molar-refractivity contribution >= 4 is 28.4 Å². The van der Waals surface area contributed by atoms with E-state index < -0.39 is 24.4 Å². The largest absolute Gasteiger partial charge is 0.435 e. The first-order valence-electron chi connectivity index (χ1n) is 4.40. The van der Waals surface area contributed by atoms with Crippen molar-refractivity contribution in [2.45, 2.75) is 20.0 Å². The number of hydrogen-bond donors (Lipinski definition) is 0. The topological polar surface area (TPSA) is 26.3 Å². The van der Waals surface area contributed by atoms with Gasteiger partial charge < -0.3 is 4.74 Å². The van der Waals surface area contributed by atoms with Crippen LogP contribution < -0.4 is 4.74 Å². The highest BCUT2D eigenvalue weighted by Gasteiger charge is 2.21. The van der Waals surface area contributed by atoms with E-state index in [1.54, 1.807) is 22.6 Å². The highest BCUT2D eigenvalue weighted by Crippen LogP contribution is 2.32. The van der Waals surface area contributed by atoms with Gasteiger partial charge >= 0.3 is 6.61 Å². The fourth-order valence-corrected chi connectivity index (χ4v) is 2.31. The van der Waals surface area contributed by atoms with Crippen LogP contribution in [0.5, 0.6) is 5.75 Å². The molecule has 2 nitrogen and oxygen atoms in total. The van der Waals surface area contributed by atoms with Crippen LogP contribution in [0, 0.1) is 3.57 Å². The smallest absolute Gasteiger partial charge is 0.387 e. The van der Waals surface area contributed by atoms with E-state index >= 15 is 0 Å². The molecule has 0 bridgehead atoms. The summed E-state index contributed by atoms with van der Waals surface area (Å²) in [5, 5.41) is 0. The van der Waals surface area contributed by atoms with E-state index in [0.29, 0.717) is 0 Å². The van der Waals surface area contributed by atoms with Crippen molar-refractivity contribution in [1.82, 2.24) is 0 Å². The molecule has 0 heterocycles. The lowest BCUT2D eigenvalue weighted by Crippen LogP contribution is -2.07. The predicted molar refractivity (Wildman–Crippen MR) is 60.8 cm³/mol. The van der Waals surface area contributed by atoms with Crippen LogP contribution in [0.4, 0.5) is 17.6 Å². The van der Waals surface area contributed by atoms with E-state index in [4.69, 9.17) is 0 Å². The van der Waals surface area contributed by atoms with E-state index in [1.165, 1.54) is 0 Å². The maximum Gasteiger partial charge on any atom is 0.387 e. The summed E-state index contributed by atoms with van der Waals surface area (Å²) in [5.74, 6) is -0.932. The van der Waals surface area contributed by atoms with Gasteiger partial charge in [-0.05, 0) is 41.6 Å². The van der Waals surface area contributed by atoms with Crippen LogP contribution in [0.1, 0.15) is 29.3 Å². The number of carbonyl (C=O) groups excluding carboxylic acids is 1. The number of halogens is 5. The van der Waals surface area contributed by atoms with Crippen LogP contribution >= 0.6 is 22.6 Å². The first-order valence-corrected chi connectivity index (χ1v) is 5.48. The average Bonchev–Trinajstić information content (AvgIpc) is 2.14. The molecule has 0 spiro atoms. The van der Waals surface area contributed by atoms with Gasteiger partial charge in [0.15, 0.2) is 5.78 Å². The zero-order valence-electron chi connectivity index (χ0n) is 8.52. The van der Waals surface area contributed by atoms with E-state index in [0.717, 1.165) is 19.1 Å². The Hall–Kier alpha value is -0.860. The number of carbonyl (C=O) groups is 1. The molecule has 1 rings (SSSR count). The molecule has 1 aromatic rings. The third kappa shape index (κ3) is 3.55. The minimum absolute atomic E-state index is 0.156.